The van der Waals surface area contributed by atoms with Crippen LogP contribution in [-0.4, -0.2) is 38.7 Å². The van der Waals surface area contributed by atoms with E-state index in [-0.39, 0.29) is 5.97 Å². The predicted octanol–water partition coefficient (Wildman–Crippen LogP) is 2.71. The Morgan fingerprint density at radius 2 is 1.76 bits per heavy atom. The van der Waals surface area contributed by atoms with Crippen molar-refractivity contribution in [1.82, 2.24) is 10.6 Å². The van der Waals surface area contributed by atoms with E-state index in [1.54, 1.807) is 7.05 Å². The summed E-state index contributed by atoms with van der Waals surface area (Å²) >= 11 is 0. The summed E-state index contributed by atoms with van der Waals surface area (Å²) in [4.78, 5) is 15.3. The Labute approximate surface area is 129 Å². The molecule has 0 rings (SSSR count). The number of ether oxygens (including phenoxy) is 1. The van der Waals surface area contributed by atoms with E-state index in [9.17, 15) is 4.79 Å². The van der Waals surface area contributed by atoms with Gasteiger partial charge in [0, 0.05) is 26.6 Å². The molecule has 0 fully saturated rings. The van der Waals surface area contributed by atoms with E-state index in [1.807, 2.05) is 6.92 Å². The third-order valence-electron chi connectivity index (χ3n) is 3.14. The van der Waals surface area contributed by atoms with Crippen molar-refractivity contribution >= 4 is 11.9 Å². The van der Waals surface area contributed by atoms with E-state index in [0.717, 1.165) is 51.2 Å². The average molecular weight is 299 g/mol. The van der Waals surface area contributed by atoms with Gasteiger partial charge in [0.2, 0.25) is 0 Å². The quantitative estimate of drug-likeness (QED) is 0.266. The molecule has 0 unspecified atom stereocenters. The van der Waals surface area contributed by atoms with Gasteiger partial charge in [-0.3, -0.25) is 9.79 Å². The molecule has 21 heavy (non-hydrogen) atoms. The van der Waals surface area contributed by atoms with Crippen LogP contribution < -0.4 is 10.6 Å². The maximum Gasteiger partial charge on any atom is 0.305 e. The highest BCUT2D eigenvalue weighted by molar-refractivity contribution is 5.79. The molecule has 2 N–H and O–H groups in total. The molecule has 0 bridgehead atoms. The Hall–Kier alpha value is -1.26. The minimum Gasteiger partial charge on any atom is -0.466 e. The van der Waals surface area contributed by atoms with Gasteiger partial charge in [0.15, 0.2) is 5.96 Å². The Kier molecular flexibility index (Phi) is 12.9. The lowest BCUT2D eigenvalue weighted by molar-refractivity contribution is -0.143. The van der Waals surface area contributed by atoms with Crippen molar-refractivity contribution in [2.75, 3.05) is 26.7 Å². The Morgan fingerprint density at radius 3 is 2.38 bits per heavy atom. The van der Waals surface area contributed by atoms with Crippen LogP contribution in [0.4, 0.5) is 0 Å². The number of carbonyl (C=O) groups is 1. The molecule has 0 heterocycles. The molecule has 0 radical (unpaired) electrons. The lowest BCUT2D eigenvalue weighted by Gasteiger charge is -2.12. The summed E-state index contributed by atoms with van der Waals surface area (Å²) < 4.78 is 4.89. The molecule has 0 saturated heterocycles. The summed E-state index contributed by atoms with van der Waals surface area (Å²) in [5.41, 5.74) is 0. The average Bonchev–Trinajstić information content (AvgIpc) is 2.44. The Balaban J connectivity index is 3.45. The van der Waals surface area contributed by atoms with E-state index >= 15 is 0 Å². The van der Waals surface area contributed by atoms with Crippen LogP contribution in [0.2, 0.25) is 0 Å². The van der Waals surface area contributed by atoms with Crippen molar-refractivity contribution in [2.24, 2.45) is 10.9 Å². The number of esters is 1. The molecular weight excluding hydrogens is 266 g/mol. The van der Waals surface area contributed by atoms with Gasteiger partial charge in [-0.25, -0.2) is 0 Å². The summed E-state index contributed by atoms with van der Waals surface area (Å²) in [6.45, 7) is 8.62. The Bertz CT molecular complexity index is 291. The van der Waals surface area contributed by atoms with Crippen LogP contribution in [0.5, 0.6) is 0 Å². The number of rotatable bonds is 11. The van der Waals surface area contributed by atoms with Gasteiger partial charge in [0.25, 0.3) is 0 Å². The Morgan fingerprint density at radius 1 is 1.10 bits per heavy atom. The van der Waals surface area contributed by atoms with E-state index in [2.05, 4.69) is 29.5 Å². The molecule has 0 aliphatic rings. The second kappa shape index (κ2) is 13.7. The van der Waals surface area contributed by atoms with Crippen molar-refractivity contribution in [1.29, 1.82) is 0 Å². The molecule has 0 saturated carbocycles. The summed E-state index contributed by atoms with van der Waals surface area (Å²) in [5, 5.41) is 6.62. The first-order valence-electron chi connectivity index (χ1n) is 8.20. The van der Waals surface area contributed by atoms with Gasteiger partial charge in [0.05, 0.1) is 6.61 Å². The highest BCUT2D eigenvalue weighted by Crippen LogP contribution is 2.03. The van der Waals surface area contributed by atoms with Crippen LogP contribution in [0.3, 0.4) is 0 Å². The van der Waals surface area contributed by atoms with Crippen molar-refractivity contribution in [2.45, 2.75) is 59.3 Å². The number of aliphatic imine (C=N–C) groups is 1. The molecule has 5 nitrogen and oxygen atoms in total. The fourth-order valence-corrected chi connectivity index (χ4v) is 1.89. The van der Waals surface area contributed by atoms with Crippen LogP contribution >= 0.6 is 0 Å². The highest BCUT2D eigenvalue weighted by Gasteiger charge is 2.01. The molecule has 0 aromatic carbocycles. The van der Waals surface area contributed by atoms with E-state index in [4.69, 9.17) is 4.74 Å². The molecular formula is C16H33N3O2. The molecule has 0 aromatic rings. The lowest BCUT2D eigenvalue weighted by atomic mass is 10.1. The zero-order valence-electron chi connectivity index (χ0n) is 14.2. The van der Waals surface area contributed by atoms with E-state index in [1.165, 1.54) is 0 Å². The molecule has 124 valence electrons. The number of unbranched alkanes of at least 4 members (excludes halogenated alkanes) is 3. The zero-order chi connectivity index (χ0) is 15.9. The smallest absolute Gasteiger partial charge is 0.305 e. The summed E-state index contributed by atoms with van der Waals surface area (Å²) in [7, 11) is 1.80. The first-order chi connectivity index (χ1) is 10.1. The van der Waals surface area contributed by atoms with Gasteiger partial charge in [-0.2, -0.15) is 0 Å². The first-order valence-corrected chi connectivity index (χ1v) is 8.20. The largest absolute Gasteiger partial charge is 0.466 e. The third kappa shape index (κ3) is 13.5. The van der Waals surface area contributed by atoms with Gasteiger partial charge >= 0.3 is 5.97 Å². The van der Waals surface area contributed by atoms with Crippen LogP contribution in [0.25, 0.3) is 0 Å². The number of carbonyl (C=O) groups excluding carboxylic acids is 1. The number of nitrogens with zero attached hydrogens (tertiary/aromatic N) is 1. The van der Waals surface area contributed by atoms with Crippen LogP contribution in [0.1, 0.15) is 59.3 Å². The number of hydrogen-bond acceptors (Lipinski definition) is 3. The fraction of sp³-hybridized carbons (Fsp3) is 0.875. The van der Waals surface area contributed by atoms with Crippen molar-refractivity contribution < 1.29 is 9.53 Å². The van der Waals surface area contributed by atoms with Crippen molar-refractivity contribution in [3.63, 3.8) is 0 Å². The molecule has 0 aliphatic carbocycles. The fourth-order valence-electron chi connectivity index (χ4n) is 1.89. The zero-order valence-corrected chi connectivity index (χ0v) is 14.2. The van der Waals surface area contributed by atoms with Crippen molar-refractivity contribution in [3.8, 4) is 0 Å². The minimum absolute atomic E-state index is 0.0784. The minimum atomic E-state index is -0.0784. The first kappa shape index (κ1) is 19.7. The maximum atomic E-state index is 11.1. The summed E-state index contributed by atoms with van der Waals surface area (Å²) in [5.74, 6) is 1.50. The van der Waals surface area contributed by atoms with Gasteiger partial charge in [0.1, 0.15) is 0 Å². The summed E-state index contributed by atoms with van der Waals surface area (Å²) in [6.07, 6.45) is 5.89. The lowest BCUT2D eigenvalue weighted by Crippen LogP contribution is -2.38. The number of hydrogen-bond donors (Lipinski definition) is 2. The molecule has 0 aliphatic heterocycles. The standard InChI is InChI=1S/C16H33N3O2/c1-5-21-15(20)10-8-6-7-9-12-18-16(17-4)19-13-11-14(2)3/h14H,5-13H2,1-4H3,(H2,17,18,19). The molecule has 5 heteroatoms. The highest BCUT2D eigenvalue weighted by atomic mass is 16.5. The maximum absolute atomic E-state index is 11.1. The third-order valence-corrected chi connectivity index (χ3v) is 3.14. The van der Waals surface area contributed by atoms with Crippen LogP contribution in [0.15, 0.2) is 4.99 Å². The van der Waals surface area contributed by atoms with Crippen LogP contribution in [0, 0.1) is 5.92 Å². The second-order valence-electron chi connectivity index (χ2n) is 5.58. The van der Waals surface area contributed by atoms with Crippen LogP contribution in [-0.2, 0) is 9.53 Å². The van der Waals surface area contributed by atoms with E-state index < -0.39 is 0 Å². The summed E-state index contributed by atoms with van der Waals surface area (Å²) in [6, 6.07) is 0. The number of guanidine groups is 1. The molecule has 0 atom stereocenters. The SMILES string of the molecule is CCOC(=O)CCCCCCNC(=NC)NCCC(C)C. The van der Waals surface area contributed by atoms with Gasteiger partial charge < -0.3 is 15.4 Å². The van der Waals surface area contributed by atoms with Gasteiger partial charge in [-0.1, -0.05) is 26.7 Å². The normalized spacial score (nSPS) is 11.6. The molecule has 0 aromatic heterocycles. The predicted molar refractivity (Wildman–Crippen MR) is 88.5 cm³/mol. The van der Waals surface area contributed by atoms with Gasteiger partial charge in [-0.05, 0) is 32.1 Å². The second-order valence-corrected chi connectivity index (χ2v) is 5.58. The number of nitrogens with one attached hydrogen (secondary N) is 2. The molecule has 0 spiro atoms. The topological polar surface area (TPSA) is 62.7 Å². The van der Waals surface area contributed by atoms with Crippen molar-refractivity contribution in [3.05, 3.63) is 0 Å². The monoisotopic (exact) mass is 299 g/mol. The molecule has 0 amide bonds. The van der Waals surface area contributed by atoms with E-state index in [0.29, 0.717) is 18.9 Å². The van der Waals surface area contributed by atoms with Gasteiger partial charge in [-0.15, -0.1) is 0 Å².